The van der Waals surface area contributed by atoms with E-state index in [1.54, 1.807) is 75.8 Å². The number of anilines is 1. The third-order valence-electron chi connectivity index (χ3n) is 16.3. The molecular weight excluding hydrogens is 1300 g/mol. The lowest BCUT2D eigenvalue weighted by atomic mass is 9.81. The van der Waals surface area contributed by atoms with E-state index in [0.717, 1.165) is 34.0 Å². The van der Waals surface area contributed by atoms with Crippen LogP contribution in [0.1, 0.15) is 151 Å². The zero-order valence-electron chi connectivity index (χ0n) is 50.2. The van der Waals surface area contributed by atoms with E-state index in [1.807, 2.05) is 13.8 Å². The molecule has 2 fully saturated rings. The number of pyridine rings is 1. The van der Waals surface area contributed by atoms with Crippen LogP contribution in [0, 0.1) is 30.6 Å². The molecule has 0 spiro atoms. The minimum absolute atomic E-state index is 0.00243. The van der Waals surface area contributed by atoms with E-state index in [4.69, 9.17) is 39.6 Å². The predicted molar refractivity (Wildman–Crippen MR) is 346 cm³/mol. The number of benzene rings is 1. The lowest BCUT2D eigenvalue weighted by Crippen LogP contribution is -2.44. The number of hydrogen-bond donors (Lipinski definition) is 8. The van der Waals surface area contributed by atoms with Gasteiger partial charge in [-0.1, -0.05) is 44.2 Å². The van der Waals surface area contributed by atoms with E-state index in [2.05, 4.69) is 26.6 Å². The molecule has 7 aromatic heterocycles. The Labute approximate surface area is 550 Å². The summed E-state index contributed by atoms with van der Waals surface area (Å²) in [5.74, 6) is -6.68. The van der Waals surface area contributed by atoms with Crippen molar-refractivity contribution in [3.63, 3.8) is 0 Å². The van der Waals surface area contributed by atoms with Crippen molar-refractivity contribution < 1.29 is 58.4 Å². The number of carbonyl (C=O) groups excluding carboxylic acids is 6. The topological polar surface area (TPSA) is 360 Å². The highest BCUT2D eigenvalue weighted by Crippen LogP contribution is 2.43. The SMILES string of the molecule is CNC(=O)C[C@@H]1NC(=O)c2csc(n2)-c2ccc(-c3nc(N(C(=O)C4CCC(C(=O)O)CC4)[C@@H]4CC[C@@H](C(=O)O)C4)cs3)nc2-c2csc(n2)-c2csc(n2)[C@H]([C@@H](O)c2ccccc2)NC(=O)CNC(=O)c2nc(sc2COC)[C@H](C(C)C)NC(=O)c2nc1sc2C. The predicted octanol–water partition coefficient (Wildman–Crippen LogP) is 8.79. The number of amides is 6. The third-order valence-corrected chi connectivity index (χ3v) is 22.0. The number of rotatable bonds is 13. The monoisotopic (exact) mass is 1360 g/mol. The van der Waals surface area contributed by atoms with Crippen molar-refractivity contribution >= 4 is 121 Å². The maximum atomic E-state index is 14.6. The summed E-state index contributed by atoms with van der Waals surface area (Å²) in [5, 5.41) is 54.8. The number of aromatic nitrogens is 7. The Kier molecular flexibility index (Phi) is 20.1. The van der Waals surface area contributed by atoms with Gasteiger partial charge in [-0.15, -0.1) is 68.0 Å². The summed E-state index contributed by atoms with van der Waals surface area (Å²) >= 11 is 7.08. The largest absolute Gasteiger partial charge is 0.481 e. The number of nitrogens with one attached hydrogen (secondary N) is 5. The molecule has 2 aliphatic carbocycles. The summed E-state index contributed by atoms with van der Waals surface area (Å²) in [4.78, 5) is 146. The van der Waals surface area contributed by atoms with Crippen molar-refractivity contribution in [2.24, 2.45) is 23.7 Å². The molecular formula is C61H63N13O12S6. The highest BCUT2D eigenvalue weighted by Gasteiger charge is 2.41. The van der Waals surface area contributed by atoms with Crippen LogP contribution in [-0.4, -0.2) is 124 Å². The number of carboxylic acids is 2. The molecule has 2 saturated carbocycles. The van der Waals surface area contributed by atoms with Crippen LogP contribution >= 0.6 is 68.0 Å². The van der Waals surface area contributed by atoms with Gasteiger partial charge in [0.25, 0.3) is 17.7 Å². The van der Waals surface area contributed by atoms with Crippen molar-refractivity contribution in [3.05, 3.63) is 111 Å². The number of carbonyl (C=O) groups is 8. The Morgan fingerprint density at radius 2 is 1.33 bits per heavy atom. The van der Waals surface area contributed by atoms with Crippen LogP contribution in [0.15, 0.2) is 64.0 Å². The number of aliphatic hydroxyl groups excluding tert-OH is 1. The second-order valence-corrected chi connectivity index (χ2v) is 28.6. The highest BCUT2D eigenvalue weighted by molar-refractivity contribution is 7.15. The van der Waals surface area contributed by atoms with Gasteiger partial charge in [0.2, 0.25) is 17.7 Å². The smallest absolute Gasteiger partial charge is 0.306 e. The Hall–Kier alpha value is -8.17. The number of aliphatic hydroxyl groups is 1. The number of hydrogen-bond acceptors (Lipinski definition) is 23. The van der Waals surface area contributed by atoms with Gasteiger partial charge in [-0.3, -0.25) is 43.3 Å². The molecule has 25 nitrogen and oxygen atoms in total. The summed E-state index contributed by atoms with van der Waals surface area (Å²) in [5.41, 5.74) is 2.45. The first-order valence-electron chi connectivity index (χ1n) is 29.5. The molecule has 31 heteroatoms. The highest BCUT2D eigenvalue weighted by atomic mass is 32.1. The number of nitrogens with zero attached hydrogens (tertiary/aromatic N) is 8. The molecule has 11 rings (SSSR count). The maximum Gasteiger partial charge on any atom is 0.306 e. The average Bonchev–Trinajstić information content (AvgIpc) is 1.73. The zero-order chi connectivity index (χ0) is 65.1. The van der Waals surface area contributed by atoms with Crippen LogP contribution < -0.4 is 31.5 Å². The first kappa shape index (κ1) is 65.3. The van der Waals surface area contributed by atoms with Gasteiger partial charge in [0.15, 0.2) is 0 Å². The van der Waals surface area contributed by atoms with Gasteiger partial charge >= 0.3 is 11.9 Å². The molecule has 8 heterocycles. The van der Waals surface area contributed by atoms with Gasteiger partial charge < -0.3 is 46.6 Å². The number of aliphatic carboxylic acids is 2. The maximum absolute atomic E-state index is 14.6. The number of methoxy groups -OCH3 is 1. The number of aryl methyl sites for hydroxylation is 1. The van der Waals surface area contributed by atoms with E-state index in [9.17, 15) is 53.7 Å². The van der Waals surface area contributed by atoms with E-state index in [-0.39, 0.29) is 53.4 Å². The normalized spacial score (nSPS) is 20.9. The number of carboxylic acid groups (broad SMARTS) is 2. The molecule has 1 aliphatic heterocycles. The van der Waals surface area contributed by atoms with Crippen molar-refractivity contribution in [1.29, 1.82) is 0 Å². The van der Waals surface area contributed by atoms with E-state index < -0.39 is 96.0 Å². The number of fused-ring (bicyclic) bond motifs is 14. The first-order valence-corrected chi connectivity index (χ1v) is 34.6. The average molecular weight is 1360 g/mol. The Morgan fingerprint density at radius 1 is 0.652 bits per heavy atom. The van der Waals surface area contributed by atoms with Crippen molar-refractivity contribution in [1.82, 2.24) is 61.5 Å². The van der Waals surface area contributed by atoms with E-state index in [0.29, 0.717) is 113 Å². The van der Waals surface area contributed by atoms with Gasteiger partial charge in [0.1, 0.15) is 82.2 Å². The van der Waals surface area contributed by atoms with Crippen LogP contribution in [0.3, 0.4) is 0 Å². The number of ether oxygens (including phenoxy) is 1. The molecule has 6 amide bonds. The lowest BCUT2D eigenvalue weighted by Gasteiger charge is -2.33. The second-order valence-electron chi connectivity index (χ2n) is 22.7. The van der Waals surface area contributed by atoms with Crippen molar-refractivity contribution in [2.75, 3.05) is 25.6 Å². The van der Waals surface area contributed by atoms with Gasteiger partial charge in [0.05, 0.1) is 54.1 Å². The van der Waals surface area contributed by atoms with E-state index >= 15 is 0 Å². The summed E-state index contributed by atoms with van der Waals surface area (Å²) < 4.78 is 5.46. The molecule has 1 aromatic carbocycles. The summed E-state index contributed by atoms with van der Waals surface area (Å²) in [6, 6.07) is 8.89. The van der Waals surface area contributed by atoms with Crippen LogP contribution in [0.5, 0.6) is 0 Å². The molecule has 8 aromatic rings. The first-order chi connectivity index (χ1) is 44.2. The molecule has 3 aliphatic rings. The quantitative estimate of drug-likeness (QED) is 0.0534. The molecule has 8 N–H and O–H groups in total. The molecule has 10 bridgehead atoms. The van der Waals surface area contributed by atoms with Crippen LogP contribution in [-0.2, 0) is 35.3 Å². The summed E-state index contributed by atoms with van der Waals surface area (Å²) in [7, 11) is 2.93. The minimum Gasteiger partial charge on any atom is -0.481 e. The molecule has 0 saturated heterocycles. The third kappa shape index (κ3) is 14.2. The standard InChI is InChI=1S/C61H63N13O12S6/c1-27(2)44-58-73-47(40(92-58)22-86-5)51(79)63-21-43(76)70-48(49(77)29-9-7-6-8-10-29)57-68-39(25-89-57)55-66-37(23-88-55)46-34(53-67-38(24-87-53)50(78)65-36(20-42(75)62-4)56-72-45(28(3)91-56)52(80)71-44)17-18-35(64-46)54-69-41(26-90-54)74(33-16-15-32(19-33)61(84)85)59(81)30-11-13-31(14-12-30)60(82)83/h6-10,17-18,23-27,30-33,36,44,48-49,77H,11-16,19-22H2,1-5H3,(H,62,75)(H,63,79)(H,65,78)(H,70,76)(H,71,80)(H,82,83)(H,84,85)/t30?,31?,32-,33-,36+,44+,48+,49+/m1/s1. The van der Waals surface area contributed by atoms with Crippen LogP contribution in [0.2, 0.25) is 0 Å². The fraction of sp³-hybridized carbons (Fsp3) is 0.393. The fourth-order valence-corrected chi connectivity index (χ4v) is 16.9. The molecule has 0 radical (unpaired) electrons. The Morgan fingerprint density at radius 3 is 2.04 bits per heavy atom. The molecule has 6 atom stereocenters. The Bertz CT molecular complexity index is 4090. The summed E-state index contributed by atoms with van der Waals surface area (Å²) in [6.07, 6.45) is 0.897. The van der Waals surface area contributed by atoms with Crippen molar-refractivity contribution in [3.8, 4) is 43.4 Å². The van der Waals surface area contributed by atoms with Crippen LogP contribution in [0.25, 0.3) is 43.4 Å². The summed E-state index contributed by atoms with van der Waals surface area (Å²) in [6.45, 7) is 4.91. The van der Waals surface area contributed by atoms with E-state index in [1.165, 1.54) is 48.2 Å². The molecule has 92 heavy (non-hydrogen) atoms. The number of thiazole rings is 6. The Balaban J connectivity index is 0.987. The fourth-order valence-electron chi connectivity index (χ4n) is 11.4. The van der Waals surface area contributed by atoms with Gasteiger partial charge in [-0.2, -0.15) is 0 Å². The van der Waals surface area contributed by atoms with Crippen molar-refractivity contribution in [2.45, 2.75) is 109 Å². The van der Waals surface area contributed by atoms with Gasteiger partial charge in [-0.05, 0) is 75.5 Å². The molecule has 0 unspecified atom stereocenters. The molecule has 480 valence electrons. The van der Waals surface area contributed by atoms with Gasteiger partial charge in [0, 0.05) is 58.1 Å². The minimum atomic E-state index is -1.31. The lowest BCUT2D eigenvalue weighted by molar-refractivity contribution is -0.144. The van der Waals surface area contributed by atoms with Crippen LogP contribution in [0.4, 0.5) is 5.82 Å². The zero-order valence-corrected chi connectivity index (χ0v) is 55.1. The van der Waals surface area contributed by atoms with Gasteiger partial charge in [-0.25, -0.2) is 34.9 Å². The second kappa shape index (κ2) is 28.4.